The molecule has 8 heteroatoms. The van der Waals surface area contributed by atoms with Gasteiger partial charge in [-0.15, -0.1) is 11.8 Å². The first-order valence-electron chi connectivity index (χ1n) is 7.72. The van der Waals surface area contributed by atoms with Crippen LogP contribution in [0.2, 0.25) is 0 Å². The average molecular weight is 373 g/mol. The van der Waals surface area contributed by atoms with E-state index in [0.29, 0.717) is 11.3 Å². The molecule has 2 aromatic rings. The summed E-state index contributed by atoms with van der Waals surface area (Å²) in [5.41, 5.74) is 4.48. The Balaban J connectivity index is 1.69. The van der Waals surface area contributed by atoms with Gasteiger partial charge in [0.05, 0.1) is 17.7 Å². The predicted octanol–water partition coefficient (Wildman–Crippen LogP) is 2.23. The molecule has 0 heterocycles. The van der Waals surface area contributed by atoms with Crippen molar-refractivity contribution in [3.8, 4) is 11.5 Å². The number of carbonyl (C=O) groups excluding carboxylic acids is 2. The van der Waals surface area contributed by atoms with E-state index in [2.05, 4.69) is 15.8 Å². The first-order chi connectivity index (χ1) is 12.4. The predicted molar refractivity (Wildman–Crippen MR) is 103 cm³/mol. The quantitative estimate of drug-likeness (QED) is 0.439. The van der Waals surface area contributed by atoms with Crippen LogP contribution in [0.4, 0.5) is 5.69 Å². The number of aryl methyl sites for hydroxylation is 1. The standard InChI is InChI=1S/C18H19N3O4S/c1-12-2-5-14(6-3-12)20-17(24)10-26-11-18(25)21-19-9-13-4-7-15(22)8-16(13)23/h2-9,22-23H,10-11H2,1H3,(H,20,24)(H,21,25)/b19-9+. The fourth-order valence-electron chi connectivity index (χ4n) is 1.92. The van der Waals surface area contributed by atoms with Gasteiger partial charge >= 0.3 is 0 Å². The summed E-state index contributed by atoms with van der Waals surface area (Å²) < 4.78 is 0. The highest BCUT2D eigenvalue weighted by Crippen LogP contribution is 2.20. The molecule has 0 aliphatic rings. The molecule has 0 fully saturated rings. The maximum Gasteiger partial charge on any atom is 0.250 e. The molecule has 2 aromatic carbocycles. The van der Waals surface area contributed by atoms with Crippen molar-refractivity contribution in [1.29, 1.82) is 0 Å². The van der Waals surface area contributed by atoms with E-state index in [1.54, 1.807) is 0 Å². The molecule has 0 aromatic heterocycles. The van der Waals surface area contributed by atoms with Crippen LogP contribution in [-0.4, -0.2) is 39.7 Å². The third kappa shape index (κ3) is 6.48. The Labute approximate surface area is 155 Å². The lowest BCUT2D eigenvalue weighted by Gasteiger charge is -2.05. The van der Waals surface area contributed by atoms with Crippen LogP contribution in [-0.2, 0) is 9.59 Å². The zero-order chi connectivity index (χ0) is 18.9. The molecule has 0 unspecified atom stereocenters. The van der Waals surface area contributed by atoms with E-state index >= 15 is 0 Å². The Morgan fingerprint density at radius 2 is 1.77 bits per heavy atom. The van der Waals surface area contributed by atoms with Crippen LogP contribution in [0.5, 0.6) is 11.5 Å². The molecule has 2 rings (SSSR count). The first kappa shape index (κ1) is 19.3. The number of thioether (sulfide) groups is 1. The second kappa shape index (κ2) is 9.47. The molecule has 136 valence electrons. The lowest BCUT2D eigenvalue weighted by atomic mass is 10.2. The minimum absolute atomic E-state index is 0.0657. The number of phenolic OH excluding ortho intramolecular Hbond substituents is 2. The summed E-state index contributed by atoms with van der Waals surface area (Å²) in [4.78, 5) is 23.5. The maximum atomic E-state index is 11.8. The molecule has 0 saturated heterocycles. The number of nitrogens with one attached hydrogen (secondary N) is 2. The van der Waals surface area contributed by atoms with Gasteiger partial charge in [-0.25, -0.2) is 5.43 Å². The van der Waals surface area contributed by atoms with Crippen molar-refractivity contribution in [2.45, 2.75) is 6.92 Å². The zero-order valence-corrected chi connectivity index (χ0v) is 14.9. The van der Waals surface area contributed by atoms with Crippen molar-refractivity contribution in [3.63, 3.8) is 0 Å². The van der Waals surface area contributed by atoms with Gasteiger partial charge in [0, 0.05) is 17.3 Å². The molecule has 2 amide bonds. The number of nitrogens with zero attached hydrogens (tertiary/aromatic N) is 1. The number of hydrazone groups is 1. The third-order valence-electron chi connectivity index (χ3n) is 3.21. The van der Waals surface area contributed by atoms with Gasteiger partial charge < -0.3 is 15.5 Å². The number of benzene rings is 2. The number of hydrogen-bond acceptors (Lipinski definition) is 6. The summed E-state index contributed by atoms with van der Waals surface area (Å²) >= 11 is 1.16. The average Bonchev–Trinajstić information content (AvgIpc) is 2.59. The first-order valence-corrected chi connectivity index (χ1v) is 8.87. The van der Waals surface area contributed by atoms with E-state index < -0.39 is 0 Å². The van der Waals surface area contributed by atoms with Crippen LogP contribution in [0, 0.1) is 6.92 Å². The Kier molecular flexibility index (Phi) is 7.04. The summed E-state index contributed by atoms with van der Waals surface area (Å²) in [5.74, 6) is -0.560. The van der Waals surface area contributed by atoms with Crippen molar-refractivity contribution in [1.82, 2.24) is 5.43 Å². The number of amides is 2. The summed E-state index contributed by atoms with van der Waals surface area (Å²) in [6.45, 7) is 1.96. The van der Waals surface area contributed by atoms with Crippen molar-refractivity contribution < 1.29 is 19.8 Å². The van der Waals surface area contributed by atoms with Gasteiger partial charge in [-0.3, -0.25) is 9.59 Å². The van der Waals surface area contributed by atoms with Crippen molar-refractivity contribution in [2.24, 2.45) is 5.10 Å². The number of hydrogen-bond donors (Lipinski definition) is 4. The topological polar surface area (TPSA) is 111 Å². The Hall–Kier alpha value is -3.00. The van der Waals surface area contributed by atoms with Crippen molar-refractivity contribution in [3.05, 3.63) is 53.6 Å². The molecule has 0 spiro atoms. The minimum Gasteiger partial charge on any atom is -0.508 e. The molecule has 0 atom stereocenters. The van der Waals surface area contributed by atoms with Crippen LogP contribution < -0.4 is 10.7 Å². The lowest BCUT2D eigenvalue weighted by Crippen LogP contribution is -2.21. The fraction of sp³-hybridized carbons (Fsp3) is 0.167. The van der Waals surface area contributed by atoms with E-state index in [1.165, 1.54) is 24.4 Å². The molecular formula is C18H19N3O4S. The molecule has 0 saturated carbocycles. The van der Waals surface area contributed by atoms with E-state index in [-0.39, 0.29) is 34.8 Å². The SMILES string of the molecule is Cc1ccc(NC(=O)CSCC(=O)N/N=C/c2ccc(O)cc2O)cc1. The van der Waals surface area contributed by atoms with Gasteiger partial charge in [-0.2, -0.15) is 5.10 Å². The highest BCUT2D eigenvalue weighted by molar-refractivity contribution is 8.00. The second-order valence-electron chi connectivity index (χ2n) is 5.44. The fourth-order valence-corrected chi connectivity index (χ4v) is 2.53. The number of carbonyl (C=O) groups is 2. The highest BCUT2D eigenvalue weighted by Gasteiger charge is 2.06. The Morgan fingerprint density at radius 1 is 1.08 bits per heavy atom. The minimum atomic E-state index is -0.368. The van der Waals surface area contributed by atoms with Crippen LogP contribution in [0.25, 0.3) is 0 Å². The van der Waals surface area contributed by atoms with E-state index in [4.69, 9.17) is 0 Å². The Morgan fingerprint density at radius 3 is 2.46 bits per heavy atom. The molecule has 0 bridgehead atoms. The molecule has 0 aliphatic carbocycles. The van der Waals surface area contributed by atoms with E-state index in [0.717, 1.165) is 17.3 Å². The monoisotopic (exact) mass is 373 g/mol. The smallest absolute Gasteiger partial charge is 0.250 e. The maximum absolute atomic E-state index is 11.8. The highest BCUT2D eigenvalue weighted by atomic mass is 32.2. The van der Waals surface area contributed by atoms with Crippen LogP contribution in [0.3, 0.4) is 0 Å². The van der Waals surface area contributed by atoms with Gasteiger partial charge in [-0.05, 0) is 31.2 Å². The van der Waals surface area contributed by atoms with Crippen LogP contribution >= 0.6 is 11.8 Å². The van der Waals surface area contributed by atoms with E-state index in [1.807, 2.05) is 31.2 Å². The molecule has 26 heavy (non-hydrogen) atoms. The number of phenols is 2. The lowest BCUT2D eigenvalue weighted by molar-refractivity contribution is -0.118. The van der Waals surface area contributed by atoms with Crippen molar-refractivity contribution in [2.75, 3.05) is 16.8 Å². The summed E-state index contributed by atoms with van der Waals surface area (Å²) in [7, 11) is 0. The molecular weight excluding hydrogens is 354 g/mol. The van der Waals surface area contributed by atoms with Gasteiger partial charge in [-0.1, -0.05) is 17.7 Å². The molecule has 7 nitrogen and oxygen atoms in total. The van der Waals surface area contributed by atoms with Crippen LogP contribution in [0.1, 0.15) is 11.1 Å². The largest absolute Gasteiger partial charge is 0.508 e. The number of aromatic hydroxyl groups is 2. The molecule has 0 radical (unpaired) electrons. The molecule has 4 N–H and O–H groups in total. The zero-order valence-electron chi connectivity index (χ0n) is 14.1. The van der Waals surface area contributed by atoms with E-state index in [9.17, 15) is 19.8 Å². The van der Waals surface area contributed by atoms with Gasteiger partial charge in [0.25, 0.3) is 0 Å². The van der Waals surface area contributed by atoms with Gasteiger partial charge in [0.15, 0.2) is 0 Å². The molecule has 0 aliphatic heterocycles. The third-order valence-corrected chi connectivity index (χ3v) is 4.14. The number of anilines is 1. The van der Waals surface area contributed by atoms with Crippen molar-refractivity contribution >= 4 is 35.5 Å². The number of rotatable bonds is 7. The normalized spacial score (nSPS) is 10.7. The summed E-state index contributed by atoms with van der Waals surface area (Å²) in [5, 5.41) is 25.2. The van der Waals surface area contributed by atoms with Crippen LogP contribution in [0.15, 0.2) is 47.6 Å². The van der Waals surface area contributed by atoms with Gasteiger partial charge in [0.2, 0.25) is 11.8 Å². The Bertz CT molecular complexity index is 807. The second-order valence-corrected chi connectivity index (χ2v) is 6.43. The summed E-state index contributed by atoms with van der Waals surface area (Å²) in [6, 6.07) is 11.5. The van der Waals surface area contributed by atoms with Gasteiger partial charge in [0.1, 0.15) is 11.5 Å². The summed E-state index contributed by atoms with van der Waals surface area (Å²) in [6.07, 6.45) is 1.27.